The van der Waals surface area contributed by atoms with Crippen LogP contribution < -0.4 is 4.90 Å². The van der Waals surface area contributed by atoms with Gasteiger partial charge < -0.3 is 14.2 Å². The summed E-state index contributed by atoms with van der Waals surface area (Å²) < 4.78 is 20.6. The summed E-state index contributed by atoms with van der Waals surface area (Å²) in [6.45, 7) is 3.19. The van der Waals surface area contributed by atoms with Crippen molar-refractivity contribution < 1.29 is 13.9 Å². The summed E-state index contributed by atoms with van der Waals surface area (Å²) in [5, 5.41) is 0.750. The number of methoxy groups -OCH3 is 1. The number of aromatic nitrogens is 2. The molecule has 1 aromatic heterocycles. The van der Waals surface area contributed by atoms with Crippen LogP contribution in [0.4, 0.5) is 10.1 Å². The van der Waals surface area contributed by atoms with Crippen LogP contribution in [0, 0.1) is 5.82 Å². The van der Waals surface area contributed by atoms with E-state index in [4.69, 9.17) is 4.74 Å². The maximum Gasteiger partial charge on any atom is 0.237 e. The van der Waals surface area contributed by atoms with Crippen molar-refractivity contribution >= 4 is 23.4 Å². The minimum Gasteiger partial charge on any atom is -0.383 e. The lowest BCUT2D eigenvalue weighted by Crippen LogP contribution is -2.37. The molecule has 0 spiro atoms. The fourth-order valence-corrected chi connectivity index (χ4v) is 4.73. The number of amides is 1. The molecule has 7 heteroatoms. The van der Waals surface area contributed by atoms with E-state index in [-0.39, 0.29) is 17.8 Å². The van der Waals surface area contributed by atoms with Gasteiger partial charge in [-0.15, -0.1) is 0 Å². The number of anilines is 1. The number of nitrogens with zero attached hydrogens (tertiary/aromatic N) is 3. The average molecular weight is 426 g/mol. The van der Waals surface area contributed by atoms with Crippen LogP contribution in [0.3, 0.4) is 0 Å². The molecule has 0 N–H and O–H groups in total. The van der Waals surface area contributed by atoms with Crippen LogP contribution in [0.1, 0.15) is 12.5 Å². The van der Waals surface area contributed by atoms with Crippen molar-refractivity contribution in [3.8, 4) is 11.3 Å². The number of fused-ring (bicyclic) bond motifs is 1. The molecule has 0 fully saturated rings. The highest BCUT2D eigenvalue weighted by molar-refractivity contribution is 7.99. The molecule has 0 unspecified atom stereocenters. The van der Waals surface area contributed by atoms with Crippen molar-refractivity contribution in [2.75, 3.05) is 24.4 Å². The Hall–Kier alpha value is -2.64. The molecule has 3 aromatic rings. The van der Waals surface area contributed by atoms with E-state index in [1.807, 2.05) is 27.7 Å². The second-order valence-electron chi connectivity index (χ2n) is 7.31. The van der Waals surface area contributed by atoms with Gasteiger partial charge in [0, 0.05) is 25.4 Å². The molecule has 1 aliphatic rings. The third-order valence-electron chi connectivity index (χ3n) is 5.28. The van der Waals surface area contributed by atoms with E-state index in [1.165, 1.54) is 29.5 Å². The number of hydrogen-bond acceptors (Lipinski definition) is 4. The molecule has 5 nitrogen and oxygen atoms in total. The number of carbonyl (C=O) groups excluding carboxylic acids is 1. The van der Waals surface area contributed by atoms with Gasteiger partial charge in [-0.25, -0.2) is 9.37 Å². The first kappa shape index (κ1) is 20.6. The molecular weight excluding hydrogens is 401 g/mol. The highest BCUT2D eigenvalue weighted by Crippen LogP contribution is 2.33. The number of benzene rings is 2. The van der Waals surface area contributed by atoms with E-state index in [1.54, 1.807) is 25.4 Å². The lowest BCUT2D eigenvalue weighted by atomic mass is 10.1. The normalized spacial score (nSPS) is 15.4. The third-order valence-corrected chi connectivity index (χ3v) is 6.25. The first-order valence-electron chi connectivity index (χ1n) is 9.91. The molecular formula is C23H24FN3O2S. The molecule has 0 bridgehead atoms. The van der Waals surface area contributed by atoms with E-state index in [2.05, 4.69) is 18.0 Å². The Labute approximate surface area is 179 Å². The Morgan fingerprint density at radius 3 is 2.77 bits per heavy atom. The molecule has 1 aliphatic heterocycles. The van der Waals surface area contributed by atoms with E-state index in [0.717, 1.165) is 28.5 Å². The molecule has 30 heavy (non-hydrogen) atoms. The van der Waals surface area contributed by atoms with Gasteiger partial charge in [0.25, 0.3) is 0 Å². The minimum absolute atomic E-state index is 0.0714. The zero-order valence-corrected chi connectivity index (χ0v) is 17.9. The highest BCUT2D eigenvalue weighted by atomic mass is 32.2. The highest BCUT2D eigenvalue weighted by Gasteiger charge is 2.30. The maximum atomic E-state index is 13.3. The maximum absolute atomic E-state index is 13.3. The Bertz CT molecular complexity index is 1040. The smallest absolute Gasteiger partial charge is 0.237 e. The van der Waals surface area contributed by atoms with Crippen LogP contribution in [0.15, 0.2) is 59.9 Å². The van der Waals surface area contributed by atoms with Crippen molar-refractivity contribution in [1.82, 2.24) is 9.55 Å². The number of thioether (sulfide) groups is 1. The van der Waals surface area contributed by atoms with Crippen LogP contribution in [0.25, 0.3) is 11.3 Å². The topological polar surface area (TPSA) is 47.4 Å². The van der Waals surface area contributed by atoms with Gasteiger partial charge in [-0.2, -0.15) is 0 Å². The van der Waals surface area contributed by atoms with E-state index >= 15 is 0 Å². The predicted octanol–water partition coefficient (Wildman–Crippen LogP) is 4.41. The first-order chi connectivity index (χ1) is 14.6. The monoisotopic (exact) mass is 425 g/mol. The summed E-state index contributed by atoms with van der Waals surface area (Å²) in [4.78, 5) is 19.5. The summed E-state index contributed by atoms with van der Waals surface area (Å²) >= 11 is 1.42. The van der Waals surface area contributed by atoms with Gasteiger partial charge in [-0.3, -0.25) is 4.79 Å². The third kappa shape index (κ3) is 4.13. The van der Waals surface area contributed by atoms with Crippen molar-refractivity contribution in [2.24, 2.45) is 0 Å². The number of ether oxygens (including phenoxy) is 1. The number of rotatable bonds is 7. The van der Waals surface area contributed by atoms with Gasteiger partial charge in [-0.1, -0.05) is 30.0 Å². The lowest BCUT2D eigenvalue weighted by molar-refractivity contribution is -0.116. The number of para-hydroxylation sites is 1. The lowest BCUT2D eigenvalue weighted by Gasteiger charge is -2.22. The zero-order chi connectivity index (χ0) is 21.1. The van der Waals surface area contributed by atoms with Crippen molar-refractivity contribution in [3.63, 3.8) is 0 Å². The molecule has 2 aromatic carbocycles. The van der Waals surface area contributed by atoms with Crippen LogP contribution in [-0.4, -0.2) is 41.0 Å². The van der Waals surface area contributed by atoms with Crippen molar-refractivity contribution in [1.29, 1.82) is 0 Å². The summed E-state index contributed by atoms with van der Waals surface area (Å²) in [5.41, 5.74) is 3.97. The van der Waals surface area contributed by atoms with Crippen LogP contribution in [0.2, 0.25) is 0 Å². The summed E-state index contributed by atoms with van der Waals surface area (Å²) in [5.74, 6) is 0.0925. The van der Waals surface area contributed by atoms with Gasteiger partial charge >= 0.3 is 0 Å². The molecule has 1 atom stereocenters. The van der Waals surface area contributed by atoms with E-state index in [9.17, 15) is 9.18 Å². The van der Waals surface area contributed by atoms with Crippen LogP contribution in [-0.2, 0) is 22.5 Å². The summed E-state index contributed by atoms with van der Waals surface area (Å²) in [6.07, 6.45) is 2.65. The van der Waals surface area contributed by atoms with Crippen LogP contribution in [0.5, 0.6) is 0 Å². The molecule has 0 saturated heterocycles. The standard InChI is InChI=1S/C23H24FN3O2S/c1-16-13-18-5-3-4-6-20(18)27(16)22(28)15-30-23-25-14-21(26(23)11-12-29-2)17-7-9-19(24)10-8-17/h3-10,14,16H,11-13,15H2,1-2H3/t16-/m1/s1. The summed E-state index contributed by atoms with van der Waals surface area (Å²) in [7, 11) is 1.65. The fraction of sp³-hybridized carbons (Fsp3) is 0.304. The number of carbonyl (C=O) groups is 1. The molecule has 1 amide bonds. The Balaban J connectivity index is 1.53. The molecule has 0 radical (unpaired) electrons. The Kier molecular flexibility index (Phi) is 6.20. The van der Waals surface area contributed by atoms with Gasteiger partial charge in [0.2, 0.25) is 5.91 Å². The Morgan fingerprint density at radius 1 is 1.23 bits per heavy atom. The van der Waals surface area contributed by atoms with Gasteiger partial charge in [-0.05, 0) is 54.8 Å². The quantitative estimate of drug-likeness (QED) is 0.526. The Morgan fingerprint density at radius 2 is 2.00 bits per heavy atom. The molecule has 0 saturated carbocycles. The number of halogens is 1. The summed E-state index contributed by atoms with van der Waals surface area (Å²) in [6, 6.07) is 14.6. The van der Waals surface area contributed by atoms with Gasteiger partial charge in [0.15, 0.2) is 5.16 Å². The largest absolute Gasteiger partial charge is 0.383 e. The second-order valence-corrected chi connectivity index (χ2v) is 8.25. The van der Waals surface area contributed by atoms with E-state index in [0.29, 0.717) is 18.9 Å². The van der Waals surface area contributed by atoms with Crippen molar-refractivity contribution in [2.45, 2.75) is 31.1 Å². The average Bonchev–Trinajstić information content (AvgIpc) is 3.30. The predicted molar refractivity (Wildman–Crippen MR) is 117 cm³/mol. The van der Waals surface area contributed by atoms with Crippen molar-refractivity contribution in [3.05, 3.63) is 66.1 Å². The first-order valence-corrected chi connectivity index (χ1v) is 10.9. The molecule has 156 valence electrons. The van der Waals surface area contributed by atoms with E-state index < -0.39 is 0 Å². The second kappa shape index (κ2) is 9.02. The fourth-order valence-electron chi connectivity index (χ4n) is 3.87. The van der Waals surface area contributed by atoms with Gasteiger partial charge in [0.1, 0.15) is 5.82 Å². The zero-order valence-electron chi connectivity index (χ0n) is 17.0. The molecule has 0 aliphatic carbocycles. The molecule has 2 heterocycles. The number of hydrogen-bond donors (Lipinski definition) is 0. The van der Waals surface area contributed by atoms with Gasteiger partial charge in [0.05, 0.1) is 24.3 Å². The minimum atomic E-state index is -0.276. The number of imidazole rings is 1. The molecule has 4 rings (SSSR count). The SMILES string of the molecule is COCCn1c(-c2ccc(F)cc2)cnc1SCC(=O)N1c2ccccc2C[C@H]1C. The van der Waals surface area contributed by atoms with Crippen LogP contribution >= 0.6 is 11.8 Å².